The Morgan fingerprint density at radius 3 is 2.44 bits per heavy atom. The van der Waals surface area contributed by atoms with Gasteiger partial charge in [0.05, 0.1) is 35.5 Å². The summed E-state index contributed by atoms with van der Waals surface area (Å²) in [6.07, 6.45) is 4.89. The van der Waals surface area contributed by atoms with Crippen molar-refractivity contribution in [3.8, 4) is 0 Å². The summed E-state index contributed by atoms with van der Waals surface area (Å²) >= 11 is 6.28. The molecule has 1 aromatic carbocycles. The fourth-order valence-corrected chi connectivity index (χ4v) is 3.39. The van der Waals surface area contributed by atoms with E-state index < -0.39 is 0 Å². The molecular formula is C21H24ClN9O. The third kappa shape index (κ3) is 5.04. The Morgan fingerprint density at radius 2 is 1.72 bits per heavy atom. The van der Waals surface area contributed by atoms with Crippen LogP contribution in [0.2, 0.25) is 5.02 Å². The second-order valence-corrected chi connectivity index (χ2v) is 7.73. The number of benzene rings is 1. The van der Waals surface area contributed by atoms with Crippen LogP contribution in [-0.4, -0.2) is 71.0 Å². The quantitative estimate of drug-likeness (QED) is 0.518. The van der Waals surface area contributed by atoms with Gasteiger partial charge in [-0.2, -0.15) is 4.98 Å². The van der Waals surface area contributed by atoms with Crippen molar-refractivity contribution in [3.05, 3.63) is 53.4 Å². The number of carbonyl (C=O) groups excluding carboxylic acids is 1. The summed E-state index contributed by atoms with van der Waals surface area (Å²) in [5, 5.41) is 9.15. The van der Waals surface area contributed by atoms with E-state index in [1.54, 1.807) is 37.6 Å². The molecule has 3 aromatic rings. The Morgan fingerprint density at radius 1 is 1.00 bits per heavy atom. The number of rotatable bonds is 6. The van der Waals surface area contributed by atoms with Gasteiger partial charge in [-0.05, 0) is 19.2 Å². The first-order chi connectivity index (χ1) is 15.5. The number of piperazine rings is 1. The normalized spacial score (nSPS) is 14.2. The van der Waals surface area contributed by atoms with E-state index in [0.29, 0.717) is 39.7 Å². The summed E-state index contributed by atoms with van der Waals surface area (Å²) in [4.78, 5) is 34.2. The molecule has 1 amide bonds. The first-order valence-corrected chi connectivity index (χ1v) is 10.5. The highest BCUT2D eigenvalue weighted by Gasteiger charge is 2.16. The molecule has 11 heteroatoms. The van der Waals surface area contributed by atoms with Crippen molar-refractivity contribution in [2.45, 2.75) is 0 Å². The average Bonchev–Trinajstić information content (AvgIpc) is 2.82. The predicted molar refractivity (Wildman–Crippen MR) is 125 cm³/mol. The van der Waals surface area contributed by atoms with Crippen LogP contribution in [0.5, 0.6) is 0 Å². The third-order valence-corrected chi connectivity index (χ3v) is 5.35. The van der Waals surface area contributed by atoms with Gasteiger partial charge in [-0.1, -0.05) is 23.7 Å². The molecule has 0 atom stereocenters. The standard InChI is InChI=1S/C21H24ClN9O/c1-23-19(32)15-5-3-4-6-17(15)28-18-16(22)13-24-20(29-18)27-14-11-25-21(26-12-14)31-9-7-30(2)8-10-31/h3-6,11-13H,7-10H2,1-2H3,(H,23,32)(H2,24,27,28,29). The summed E-state index contributed by atoms with van der Waals surface area (Å²) in [5.41, 5.74) is 1.72. The van der Waals surface area contributed by atoms with Crippen LogP contribution >= 0.6 is 11.6 Å². The highest BCUT2D eigenvalue weighted by atomic mass is 35.5. The topological polar surface area (TPSA) is 111 Å². The Hall–Kier alpha value is -3.50. The van der Waals surface area contributed by atoms with Crippen LogP contribution in [0.3, 0.4) is 0 Å². The SMILES string of the molecule is CNC(=O)c1ccccc1Nc1nc(Nc2cnc(N3CCN(C)CC3)nc2)ncc1Cl. The number of para-hydroxylation sites is 1. The molecule has 1 aliphatic heterocycles. The minimum atomic E-state index is -0.214. The molecule has 0 bridgehead atoms. The maximum absolute atomic E-state index is 12.1. The van der Waals surface area contributed by atoms with E-state index >= 15 is 0 Å². The van der Waals surface area contributed by atoms with Crippen LogP contribution in [0.1, 0.15) is 10.4 Å². The molecule has 1 fully saturated rings. The molecule has 166 valence electrons. The smallest absolute Gasteiger partial charge is 0.253 e. The maximum atomic E-state index is 12.1. The van der Waals surface area contributed by atoms with Crippen LogP contribution in [-0.2, 0) is 0 Å². The van der Waals surface area contributed by atoms with E-state index in [4.69, 9.17) is 11.6 Å². The average molecular weight is 454 g/mol. The lowest BCUT2D eigenvalue weighted by Crippen LogP contribution is -2.45. The number of hydrogen-bond donors (Lipinski definition) is 3. The minimum Gasteiger partial charge on any atom is -0.355 e. The maximum Gasteiger partial charge on any atom is 0.253 e. The number of carbonyl (C=O) groups is 1. The van der Waals surface area contributed by atoms with Gasteiger partial charge in [0.15, 0.2) is 5.82 Å². The fourth-order valence-electron chi connectivity index (χ4n) is 3.25. The summed E-state index contributed by atoms with van der Waals surface area (Å²) in [7, 11) is 3.69. The highest BCUT2D eigenvalue weighted by molar-refractivity contribution is 6.33. The van der Waals surface area contributed by atoms with E-state index in [2.05, 4.69) is 52.7 Å². The van der Waals surface area contributed by atoms with Crippen LogP contribution < -0.4 is 20.9 Å². The van der Waals surface area contributed by atoms with Crippen LogP contribution in [0.15, 0.2) is 42.9 Å². The van der Waals surface area contributed by atoms with Gasteiger partial charge in [-0.15, -0.1) is 0 Å². The number of nitrogens with zero attached hydrogens (tertiary/aromatic N) is 6. The lowest BCUT2D eigenvalue weighted by atomic mass is 10.1. The van der Waals surface area contributed by atoms with E-state index in [1.165, 1.54) is 6.20 Å². The van der Waals surface area contributed by atoms with Crippen molar-refractivity contribution >= 4 is 46.6 Å². The van der Waals surface area contributed by atoms with E-state index in [1.807, 2.05) is 6.07 Å². The van der Waals surface area contributed by atoms with Crippen molar-refractivity contribution in [3.63, 3.8) is 0 Å². The fraction of sp³-hybridized carbons (Fsp3) is 0.286. The highest BCUT2D eigenvalue weighted by Crippen LogP contribution is 2.26. The molecule has 32 heavy (non-hydrogen) atoms. The minimum absolute atomic E-state index is 0.214. The van der Waals surface area contributed by atoms with Gasteiger partial charge >= 0.3 is 0 Å². The largest absolute Gasteiger partial charge is 0.355 e. The summed E-state index contributed by atoms with van der Waals surface area (Å²) in [6, 6.07) is 7.11. The summed E-state index contributed by atoms with van der Waals surface area (Å²) < 4.78 is 0. The van der Waals surface area contributed by atoms with Gasteiger partial charge in [0, 0.05) is 33.2 Å². The number of aromatic nitrogens is 4. The molecule has 0 spiro atoms. The number of hydrogen-bond acceptors (Lipinski definition) is 9. The van der Waals surface area contributed by atoms with Gasteiger partial charge in [0.1, 0.15) is 5.02 Å². The molecular weight excluding hydrogens is 430 g/mol. The summed E-state index contributed by atoms with van der Waals surface area (Å²) in [6.45, 7) is 3.77. The van der Waals surface area contributed by atoms with E-state index in [-0.39, 0.29) is 5.91 Å². The molecule has 3 heterocycles. The molecule has 0 aliphatic carbocycles. The molecule has 3 N–H and O–H groups in total. The number of halogens is 1. The Balaban J connectivity index is 1.48. The van der Waals surface area contributed by atoms with Crippen LogP contribution in [0.25, 0.3) is 0 Å². The molecule has 1 aliphatic rings. The van der Waals surface area contributed by atoms with Crippen molar-refractivity contribution in [1.29, 1.82) is 0 Å². The monoisotopic (exact) mass is 453 g/mol. The second-order valence-electron chi connectivity index (χ2n) is 7.33. The number of anilines is 5. The first-order valence-electron chi connectivity index (χ1n) is 10.2. The van der Waals surface area contributed by atoms with Crippen LogP contribution in [0.4, 0.5) is 29.1 Å². The summed E-state index contributed by atoms with van der Waals surface area (Å²) in [5.74, 6) is 1.18. The van der Waals surface area contributed by atoms with Crippen molar-refractivity contribution < 1.29 is 4.79 Å². The molecule has 1 saturated heterocycles. The van der Waals surface area contributed by atoms with E-state index in [0.717, 1.165) is 26.2 Å². The Kier molecular flexibility index (Phi) is 6.62. The third-order valence-electron chi connectivity index (χ3n) is 5.08. The van der Waals surface area contributed by atoms with Gasteiger partial charge in [0.25, 0.3) is 5.91 Å². The number of nitrogens with one attached hydrogen (secondary N) is 3. The molecule has 0 unspecified atom stereocenters. The van der Waals surface area contributed by atoms with Crippen LogP contribution in [0, 0.1) is 0 Å². The van der Waals surface area contributed by atoms with Gasteiger partial charge < -0.3 is 25.8 Å². The molecule has 0 saturated carbocycles. The zero-order valence-electron chi connectivity index (χ0n) is 17.8. The van der Waals surface area contributed by atoms with Crippen molar-refractivity contribution in [1.82, 2.24) is 30.2 Å². The lowest BCUT2D eigenvalue weighted by molar-refractivity contribution is 0.0964. The molecule has 0 radical (unpaired) electrons. The first kappa shape index (κ1) is 21.7. The van der Waals surface area contributed by atoms with E-state index in [9.17, 15) is 4.79 Å². The van der Waals surface area contributed by atoms with Crippen molar-refractivity contribution in [2.75, 3.05) is 55.8 Å². The number of likely N-dealkylation sites (N-methyl/N-ethyl adjacent to an activating group) is 1. The molecule has 10 nitrogen and oxygen atoms in total. The zero-order valence-corrected chi connectivity index (χ0v) is 18.6. The van der Waals surface area contributed by atoms with Crippen molar-refractivity contribution in [2.24, 2.45) is 0 Å². The molecule has 4 rings (SSSR count). The Bertz CT molecular complexity index is 1080. The Labute approximate surface area is 191 Å². The lowest BCUT2D eigenvalue weighted by Gasteiger charge is -2.32. The predicted octanol–water partition coefficient (Wildman–Crippen LogP) is 2.52. The number of amides is 1. The van der Waals surface area contributed by atoms with Gasteiger partial charge in [-0.3, -0.25) is 4.79 Å². The second kappa shape index (κ2) is 9.75. The van der Waals surface area contributed by atoms with Gasteiger partial charge in [-0.25, -0.2) is 15.0 Å². The zero-order chi connectivity index (χ0) is 22.5. The molecule has 2 aromatic heterocycles. The van der Waals surface area contributed by atoms with Gasteiger partial charge in [0.2, 0.25) is 11.9 Å².